The second-order valence-electron chi connectivity index (χ2n) is 7.79. The van der Waals surface area contributed by atoms with Gasteiger partial charge < -0.3 is 14.5 Å². The monoisotopic (exact) mass is 479 g/mol. The molecule has 0 saturated carbocycles. The Morgan fingerprint density at radius 2 is 1.76 bits per heavy atom. The summed E-state index contributed by atoms with van der Waals surface area (Å²) in [5.74, 6) is 0.420. The first-order valence-corrected chi connectivity index (χ1v) is 12.0. The third-order valence-electron chi connectivity index (χ3n) is 5.73. The Hall–Kier alpha value is -3.89. The lowest BCUT2D eigenvalue weighted by Crippen LogP contribution is -2.39. The highest BCUT2D eigenvalue weighted by Crippen LogP contribution is 2.35. The summed E-state index contributed by atoms with van der Waals surface area (Å²) < 4.78 is 40.9. The topological polar surface area (TPSA) is 111 Å². The number of ether oxygens (including phenoxy) is 2. The van der Waals surface area contributed by atoms with Crippen molar-refractivity contribution in [1.29, 1.82) is 0 Å². The van der Waals surface area contributed by atoms with Gasteiger partial charge in [0.2, 0.25) is 0 Å². The van der Waals surface area contributed by atoms with Gasteiger partial charge in [0.1, 0.15) is 18.5 Å². The van der Waals surface area contributed by atoms with Crippen LogP contribution in [0.1, 0.15) is 0 Å². The fraction of sp³-hybridized carbons (Fsp3) is 0.167. The maximum absolute atomic E-state index is 13.8. The smallest absolute Gasteiger partial charge is 0.333 e. The van der Waals surface area contributed by atoms with Gasteiger partial charge in [-0.3, -0.25) is 9.10 Å². The van der Waals surface area contributed by atoms with Crippen LogP contribution < -0.4 is 20.3 Å². The number of benzene rings is 3. The summed E-state index contributed by atoms with van der Waals surface area (Å²) in [5, 5.41) is 0.317. The third kappa shape index (κ3) is 3.66. The molecule has 1 aromatic heterocycles. The maximum Gasteiger partial charge on any atom is 0.333 e. The minimum atomic E-state index is -4.09. The largest absolute Gasteiger partial charge is 0.489 e. The number of anilines is 1. The van der Waals surface area contributed by atoms with E-state index in [2.05, 4.69) is 4.98 Å². The van der Waals surface area contributed by atoms with Gasteiger partial charge in [0.25, 0.3) is 15.6 Å². The molecule has 2 heterocycles. The van der Waals surface area contributed by atoms with Crippen LogP contribution in [0, 0.1) is 0 Å². The normalized spacial score (nSPS) is 16.0. The van der Waals surface area contributed by atoms with Gasteiger partial charge in [-0.15, -0.1) is 0 Å². The van der Waals surface area contributed by atoms with E-state index in [0.717, 1.165) is 4.57 Å². The number of nitrogens with zero attached hydrogens (tertiary/aromatic N) is 2. The lowest BCUT2D eigenvalue weighted by Gasteiger charge is -2.25. The number of sulfonamides is 1. The number of rotatable bonds is 4. The molecular weight excluding hydrogens is 458 g/mol. The van der Waals surface area contributed by atoms with E-state index in [1.165, 1.54) is 35.7 Å². The summed E-state index contributed by atoms with van der Waals surface area (Å²) in [4.78, 5) is 28.4. The van der Waals surface area contributed by atoms with E-state index in [9.17, 15) is 18.0 Å². The van der Waals surface area contributed by atoms with Crippen LogP contribution in [-0.2, 0) is 14.8 Å². The Morgan fingerprint density at radius 1 is 1.00 bits per heavy atom. The van der Waals surface area contributed by atoms with Crippen molar-refractivity contribution < 1.29 is 17.9 Å². The Kier molecular flexibility index (Phi) is 5.46. The van der Waals surface area contributed by atoms with Gasteiger partial charge in [-0.05, 0) is 42.5 Å². The maximum atomic E-state index is 13.8. The average molecular weight is 480 g/mol. The molecule has 0 bridgehead atoms. The fourth-order valence-corrected chi connectivity index (χ4v) is 5.53. The fourth-order valence-electron chi connectivity index (χ4n) is 3.98. The van der Waals surface area contributed by atoms with Crippen LogP contribution in [0.2, 0.25) is 0 Å². The van der Waals surface area contributed by atoms with Gasteiger partial charge in [0.15, 0.2) is 0 Å². The van der Waals surface area contributed by atoms with Crippen molar-refractivity contribution >= 4 is 26.6 Å². The summed E-state index contributed by atoms with van der Waals surface area (Å²) >= 11 is 0. The van der Waals surface area contributed by atoms with Gasteiger partial charge in [0.05, 0.1) is 33.7 Å². The molecule has 5 rings (SSSR count). The number of methoxy groups -OCH3 is 1. The predicted octanol–water partition coefficient (Wildman–Crippen LogP) is 2.28. The van der Waals surface area contributed by atoms with E-state index in [1.54, 1.807) is 48.5 Å². The van der Waals surface area contributed by atoms with Crippen molar-refractivity contribution in [3.05, 3.63) is 93.6 Å². The second kappa shape index (κ2) is 8.47. The first kappa shape index (κ1) is 21.9. The lowest BCUT2D eigenvalue weighted by atomic mass is 10.2. The minimum Gasteiger partial charge on any atom is -0.489 e. The molecule has 9 nitrogen and oxygen atoms in total. The molecular formula is C24H21N3O6S. The van der Waals surface area contributed by atoms with Crippen LogP contribution in [0.3, 0.4) is 0 Å². The van der Waals surface area contributed by atoms with E-state index in [0.29, 0.717) is 22.3 Å². The van der Waals surface area contributed by atoms with E-state index >= 15 is 0 Å². The van der Waals surface area contributed by atoms with Crippen molar-refractivity contribution in [1.82, 2.24) is 9.55 Å². The number of nitrogens with one attached hydrogen (secondary N) is 1. The highest BCUT2D eigenvalue weighted by atomic mass is 32.2. The zero-order valence-corrected chi connectivity index (χ0v) is 19.0. The SMILES string of the molecule is COC1COc2ccccc2N(S(=O)(=O)c2cccc(-n3c(=O)[nH]c4ccccc4c3=O)c2)C1. The van der Waals surface area contributed by atoms with E-state index in [-0.39, 0.29) is 23.7 Å². The number of aromatic amines is 1. The Balaban J connectivity index is 1.65. The molecule has 34 heavy (non-hydrogen) atoms. The van der Waals surface area contributed by atoms with E-state index in [4.69, 9.17) is 9.47 Å². The average Bonchev–Trinajstić information content (AvgIpc) is 3.04. The quantitative estimate of drug-likeness (QED) is 0.481. The molecule has 1 N–H and O–H groups in total. The number of H-pyrrole nitrogens is 1. The van der Waals surface area contributed by atoms with Gasteiger partial charge in [0, 0.05) is 7.11 Å². The van der Waals surface area contributed by atoms with Crippen LogP contribution in [0.25, 0.3) is 16.6 Å². The molecule has 0 aliphatic carbocycles. The van der Waals surface area contributed by atoms with Crippen molar-refractivity contribution in [2.45, 2.75) is 11.0 Å². The van der Waals surface area contributed by atoms with E-state index < -0.39 is 27.4 Å². The predicted molar refractivity (Wildman–Crippen MR) is 127 cm³/mol. The van der Waals surface area contributed by atoms with Gasteiger partial charge in [-0.1, -0.05) is 30.3 Å². The molecule has 0 radical (unpaired) electrons. The highest BCUT2D eigenvalue weighted by molar-refractivity contribution is 7.92. The van der Waals surface area contributed by atoms with Crippen molar-refractivity contribution in [2.24, 2.45) is 0 Å². The summed E-state index contributed by atoms with van der Waals surface area (Å²) in [6.45, 7) is 0.234. The number of fused-ring (bicyclic) bond motifs is 2. The number of hydrogen-bond acceptors (Lipinski definition) is 6. The first-order chi connectivity index (χ1) is 16.4. The Labute approximate surface area is 194 Å². The van der Waals surface area contributed by atoms with Crippen molar-refractivity contribution in [2.75, 3.05) is 24.6 Å². The van der Waals surface area contributed by atoms with E-state index in [1.807, 2.05) is 0 Å². The molecule has 1 unspecified atom stereocenters. The molecule has 3 aromatic carbocycles. The molecule has 0 fully saturated rings. The van der Waals surface area contributed by atoms with Crippen molar-refractivity contribution in [3.8, 4) is 11.4 Å². The molecule has 1 aliphatic rings. The summed E-state index contributed by atoms with van der Waals surface area (Å²) in [6.07, 6.45) is -0.490. The molecule has 1 aliphatic heterocycles. The zero-order valence-electron chi connectivity index (χ0n) is 18.2. The molecule has 10 heteroatoms. The van der Waals surface area contributed by atoms with Crippen LogP contribution in [0.15, 0.2) is 87.3 Å². The van der Waals surface area contributed by atoms with Crippen LogP contribution in [0.4, 0.5) is 5.69 Å². The van der Waals surface area contributed by atoms with Crippen molar-refractivity contribution in [3.63, 3.8) is 0 Å². The first-order valence-electron chi connectivity index (χ1n) is 10.5. The third-order valence-corrected chi connectivity index (χ3v) is 7.51. The second-order valence-corrected chi connectivity index (χ2v) is 9.65. The standard InChI is InChI=1S/C24H21N3O6S/c1-32-17-14-26(21-11-4-5-12-22(21)33-15-17)34(30,31)18-8-6-7-16(13-18)27-23(28)19-9-2-3-10-20(19)25-24(27)29/h2-13,17H,14-15H2,1H3,(H,25,29). The van der Waals surface area contributed by atoms with Gasteiger partial charge >= 0.3 is 5.69 Å². The molecule has 0 spiro atoms. The van der Waals surface area contributed by atoms with Crippen LogP contribution in [-0.4, -0.2) is 44.3 Å². The Morgan fingerprint density at radius 3 is 2.59 bits per heavy atom. The van der Waals surface area contributed by atoms with Crippen LogP contribution in [0.5, 0.6) is 5.75 Å². The number of hydrogen-bond donors (Lipinski definition) is 1. The molecule has 4 aromatic rings. The minimum absolute atomic E-state index is 0.0383. The van der Waals surface area contributed by atoms with Gasteiger partial charge in [-0.25, -0.2) is 17.8 Å². The molecule has 0 amide bonds. The number of para-hydroxylation sites is 3. The van der Waals surface area contributed by atoms with Crippen LogP contribution >= 0.6 is 0 Å². The highest BCUT2D eigenvalue weighted by Gasteiger charge is 2.32. The summed E-state index contributed by atoms with van der Waals surface area (Å²) in [6, 6.07) is 19.2. The molecule has 1 atom stereocenters. The summed E-state index contributed by atoms with van der Waals surface area (Å²) in [5.41, 5.74) is -0.272. The molecule has 0 saturated heterocycles. The molecule has 174 valence electrons. The van der Waals surface area contributed by atoms with Gasteiger partial charge in [-0.2, -0.15) is 0 Å². The Bertz CT molecular complexity index is 1610. The zero-order chi connectivity index (χ0) is 23.9. The lowest BCUT2D eigenvalue weighted by molar-refractivity contribution is 0.0692. The summed E-state index contributed by atoms with van der Waals surface area (Å²) in [7, 11) is -2.60. The number of aromatic nitrogens is 2.